The minimum absolute atomic E-state index is 0.0142. The molecule has 5 heteroatoms. The van der Waals surface area contributed by atoms with Crippen molar-refractivity contribution in [3.8, 4) is 11.1 Å². The van der Waals surface area contributed by atoms with Crippen LogP contribution in [0.2, 0.25) is 5.02 Å². The highest BCUT2D eigenvalue weighted by Crippen LogP contribution is 2.35. The third-order valence-electron chi connectivity index (χ3n) is 4.42. The lowest BCUT2D eigenvalue weighted by Crippen LogP contribution is -2.16. The first-order valence-corrected chi connectivity index (χ1v) is 9.33. The standard InChI is InChI=1S/C22H26ClNO3/c1-15(26)27-13-20-19(6-5-7-21(20)23)18-9-8-17(22(2,3)4)12-16(18)10-11-24-14-25/h5-9,12,14H,10-11,13H2,1-4H3,(H,24,25). The van der Waals surface area contributed by atoms with Crippen molar-refractivity contribution < 1.29 is 14.3 Å². The van der Waals surface area contributed by atoms with Gasteiger partial charge in [0.1, 0.15) is 6.61 Å². The Morgan fingerprint density at radius 3 is 2.56 bits per heavy atom. The minimum Gasteiger partial charge on any atom is -0.461 e. The van der Waals surface area contributed by atoms with Crippen LogP contribution in [-0.2, 0) is 32.8 Å². The lowest BCUT2D eigenvalue weighted by Gasteiger charge is -2.22. The van der Waals surface area contributed by atoms with E-state index in [0.29, 0.717) is 24.4 Å². The van der Waals surface area contributed by atoms with Gasteiger partial charge in [-0.15, -0.1) is 0 Å². The second-order valence-electron chi connectivity index (χ2n) is 7.49. The second-order valence-corrected chi connectivity index (χ2v) is 7.90. The molecule has 0 unspecified atom stereocenters. The van der Waals surface area contributed by atoms with Crippen molar-refractivity contribution in [2.45, 2.75) is 46.1 Å². The zero-order chi connectivity index (χ0) is 20.0. The van der Waals surface area contributed by atoms with Crippen LogP contribution in [0.5, 0.6) is 0 Å². The third-order valence-corrected chi connectivity index (χ3v) is 4.78. The van der Waals surface area contributed by atoms with E-state index in [4.69, 9.17) is 16.3 Å². The normalized spacial score (nSPS) is 11.1. The molecule has 144 valence electrons. The topological polar surface area (TPSA) is 55.4 Å². The number of rotatable bonds is 7. The Labute approximate surface area is 165 Å². The van der Waals surface area contributed by atoms with Crippen molar-refractivity contribution >= 4 is 24.0 Å². The summed E-state index contributed by atoms with van der Waals surface area (Å²) in [4.78, 5) is 21.9. The van der Waals surface area contributed by atoms with Crippen LogP contribution < -0.4 is 5.32 Å². The average Bonchev–Trinajstić information content (AvgIpc) is 2.60. The van der Waals surface area contributed by atoms with Crippen molar-refractivity contribution in [1.29, 1.82) is 0 Å². The summed E-state index contributed by atoms with van der Waals surface area (Å²) < 4.78 is 5.21. The molecule has 0 aliphatic carbocycles. The number of carbonyl (C=O) groups is 2. The summed E-state index contributed by atoms with van der Waals surface area (Å²) in [5, 5.41) is 3.28. The van der Waals surface area contributed by atoms with Crippen molar-refractivity contribution in [2.75, 3.05) is 6.54 Å². The average molecular weight is 388 g/mol. The molecule has 0 saturated carbocycles. The highest BCUT2D eigenvalue weighted by molar-refractivity contribution is 6.31. The molecule has 2 rings (SSSR count). The van der Waals surface area contributed by atoms with E-state index in [1.54, 1.807) is 6.07 Å². The van der Waals surface area contributed by atoms with Gasteiger partial charge in [-0.1, -0.05) is 62.7 Å². The molecule has 27 heavy (non-hydrogen) atoms. The number of nitrogens with one attached hydrogen (secondary N) is 1. The van der Waals surface area contributed by atoms with Crippen molar-refractivity contribution in [3.05, 3.63) is 58.1 Å². The summed E-state index contributed by atoms with van der Waals surface area (Å²) >= 11 is 6.40. The summed E-state index contributed by atoms with van der Waals surface area (Å²) in [5.41, 5.74) is 5.09. The molecular formula is C22H26ClNO3. The SMILES string of the molecule is CC(=O)OCc1c(Cl)cccc1-c1ccc(C(C)(C)C)cc1CCNC=O. The van der Waals surface area contributed by atoms with E-state index in [0.717, 1.165) is 22.3 Å². The Morgan fingerprint density at radius 2 is 1.93 bits per heavy atom. The highest BCUT2D eigenvalue weighted by Gasteiger charge is 2.18. The van der Waals surface area contributed by atoms with Gasteiger partial charge in [0.15, 0.2) is 0 Å². The first-order valence-electron chi connectivity index (χ1n) is 8.95. The van der Waals surface area contributed by atoms with Gasteiger partial charge in [-0.2, -0.15) is 0 Å². The van der Waals surface area contributed by atoms with Crippen LogP contribution in [0.1, 0.15) is 44.4 Å². The number of amides is 1. The highest BCUT2D eigenvalue weighted by atomic mass is 35.5. The summed E-state index contributed by atoms with van der Waals surface area (Å²) in [6.45, 7) is 8.55. The van der Waals surface area contributed by atoms with Crippen LogP contribution in [0, 0.1) is 0 Å². The Kier molecular flexibility index (Phi) is 7.03. The van der Waals surface area contributed by atoms with Crippen molar-refractivity contribution in [1.82, 2.24) is 5.32 Å². The Morgan fingerprint density at radius 1 is 1.19 bits per heavy atom. The predicted octanol–water partition coefficient (Wildman–Crippen LogP) is 4.66. The van der Waals surface area contributed by atoms with Gasteiger partial charge >= 0.3 is 5.97 Å². The summed E-state index contributed by atoms with van der Waals surface area (Å²) in [6, 6.07) is 12.0. The van der Waals surface area contributed by atoms with Crippen LogP contribution in [0.4, 0.5) is 0 Å². The van der Waals surface area contributed by atoms with E-state index in [-0.39, 0.29) is 18.0 Å². The Bertz CT molecular complexity index is 825. The molecule has 0 atom stereocenters. The Hall–Kier alpha value is -2.33. The first-order chi connectivity index (χ1) is 12.7. The zero-order valence-corrected chi connectivity index (χ0v) is 17.0. The Balaban J connectivity index is 2.54. The molecule has 0 heterocycles. The maximum Gasteiger partial charge on any atom is 0.302 e. The van der Waals surface area contributed by atoms with Crippen LogP contribution in [-0.4, -0.2) is 18.9 Å². The van der Waals surface area contributed by atoms with Crippen LogP contribution in [0.15, 0.2) is 36.4 Å². The van der Waals surface area contributed by atoms with E-state index in [9.17, 15) is 9.59 Å². The number of ether oxygens (including phenoxy) is 1. The molecule has 2 aromatic carbocycles. The van der Waals surface area contributed by atoms with Gasteiger partial charge in [-0.05, 0) is 40.2 Å². The fourth-order valence-electron chi connectivity index (χ4n) is 2.93. The maximum absolute atomic E-state index is 11.3. The molecule has 1 amide bonds. The fraction of sp³-hybridized carbons (Fsp3) is 0.364. The number of hydrogen-bond donors (Lipinski definition) is 1. The number of carbonyl (C=O) groups excluding carboxylic acids is 2. The summed E-state index contributed by atoms with van der Waals surface area (Å²) in [7, 11) is 0. The van der Waals surface area contributed by atoms with Gasteiger partial charge in [-0.3, -0.25) is 9.59 Å². The monoisotopic (exact) mass is 387 g/mol. The number of esters is 1. The molecule has 0 aliphatic heterocycles. The molecule has 0 aliphatic rings. The smallest absolute Gasteiger partial charge is 0.302 e. The van der Waals surface area contributed by atoms with E-state index < -0.39 is 0 Å². The largest absolute Gasteiger partial charge is 0.461 e. The van der Waals surface area contributed by atoms with E-state index in [1.807, 2.05) is 12.1 Å². The molecule has 0 spiro atoms. The lowest BCUT2D eigenvalue weighted by atomic mass is 9.83. The molecule has 0 saturated heterocycles. The van der Waals surface area contributed by atoms with Gasteiger partial charge < -0.3 is 10.1 Å². The third kappa shape index (κ3) is 5.57. The number of hydrogen-bond acceptors (Lipinski definition) is 3. The predicted molar refractivity (Wildman–Crippen MR) is 109 cm³/mol. The molecule has 0 aromatic heterocycles. The van der Waals surface area contributed by atoms with Gasteiger partial charge in [-0.25, -0.2) is 0 Å². The lowest BCUT2D eigenvalue weighted by molar-refractivity contribution is -0.142. The quantitative estimate of drug-likeness (QED) is 0.427. The number of halogens is 1. The fourth-order valence-corrected chi connectivity index (χ4v) is 3.16. The van der Waals surface area contributed by atoms with Crippen molar-refractivity contribution in [2.24, 2.45) is 0 Å². The first kappa shape index (κ1) is 21.0. The molecule has 0 bridgehead atoms. The zero-order valence-electron chi connectivity index (χ0n) is 16.3. The van der Waals surface area contributed by atoms with E-state index in [1.165, 1.54) is 12.5 Å². The molecule has 1 N–H and O–H groups in total. The second kappa shape index (κ2) is 9.05. The molecular weight excluding hydrogens is 362 g/mol. The van der Waals surface area contributed by atoms with Crippen LogP contribution in [0.25, 0.3) is 11.1 Å². The molecule has 0 fully saturated rings. The molecule has 4 nitrogen and oxygen atoms in total. The van der Waals surface area contributed by atoms with Gasteiger partial charge in [0.05, 0.1) is 0 Å². The van der Waals surface area contributed by atoms with E-state index in [2.05, 4.69) is 44.3 Å². The molecule has 0 radical (unpaired) electrons. The maximum atomic E-state index is 11.3. The van der Waals surface area contributed by atoms with Gasteiger partial charge in [0.25, 0.3) is 0 Å². The summed E-state index contributed by atoms with van der Waals surface area (Å²) in [5.74, 6) is -0.348. The van der Waals surface area contributed by atoms with Crippen LogP contribution in [0.3, 0.4) is 0 Å². The van der Waals surface area contributed by atoms with Crippen molar-refractivity contribution in [3.63, 3.8) is 0 Å². The summed E-state index contributed by atoms with van der Waals surface area (Å²) in [6.07, 6.45) is 1.40. The molecule has 2 aromatic rings. The van der Waals surface area contributed by atoms with Crippen LogP contribution >= 0.6 is 11.6 Å². The minimum atomic E-state index is -0.348. The van der Waals surface area contributed by atoms with Gasteiger partial charge in [0.2, 0.25) is 6.41 Å². The van der Waals surface area contributed by atoms with E-state index >= 15 is 0 Å². The van der Waals surface area contributed by atoms with Gasteiger partial charge in [0, 0.05) is 24.1 Å². The number of benzene rings is 2.